The molecule has 0 bridgehead atoms. The van der Waals surface area contributed by atoms with Crippen molar-refractivity contribution in [1.82, 2.24) is 4.90 Å². The molecular weight excluding hydrogens is 409 g/mol. The molecule has 156 valence electrons. The number of halogens is 2. The molecule has 0 atom stereocenters. The highest BCUT2D eigenvalue weighted by Crippen LogP contribution is 2.32. The monoisotopic (exact) mass is 435 g/mol. The number of rotatable bonds is 9. The second-order valence-corrected chi connectivity index (χ2v) is 7.98. The molecule has 29 heavy (non-hydrogen) atoms. The third kappa shape index (κ3) is 6.01. The lowest BCUT2D eigenvalue weighted by molar-refractivity contribution is -0.105. The van der Waals surface area contributed by atoms with Crippen LogP contribution in [0.2, 0.25) is 10.0 Å². The topological polar surface area (TPSA) is 44.8 Å². The van der Waals surface area contributed by atoms with Gasteiger partial charge < -0.3 is 15.0 Å². The number of benzene rings is 2. The first-order valence-electron chi connectivity index (χ1n) is 9.93. The number of aryl methyl sites for hydroxylation is 1. The first-order chi connectivity index (χ1) is 14.1. The zero-order valence-corrected chi connectivity index (χ0v) is 18.2. The summed E-state index contributed by atoms with van der Waals surface area (Å²) in [5, 5.41) is 3.94. The van der Waals surface area contributed by atoms with Crippen LogP contribution in [0.1, 0.15) is 18.4 Å². The molecule has 2 aromatic carbocycles. The predicted octanol–water partition coefficient (Wildman–Crippen LogP) is 4.85. The molecule has 5 nitrogen and oxygen atoms in total. The Labute approximate surface area is 182 Å². The summed E-state index contributed by atoms with van der Waals surface area (Å²) in [6.45, 7) is 7.62. The molecule has 0 saturated carbocycles. The Bertz CT molecular complexity index is 824. The molecule has 0 unspecified atom stereocenters. The van der Waals surface area contributed by atoms with Crippen molar-refractivity contribution in [2.45, 2.75) is 19.8 Å². The van der Waals surface area contributed by atoms with Crippen LogP contribution in [0.3, 0.4) is 0 Å². The van der Waals surface area contributed by atoms with E-state index < -0.39 is 0 Å². The van der Waals surface area contributed by atoms with E-state index in [1.54, 1.807) is 0 Å². The minimum Gasteiger partial charge on any atom is -0.494 e. The number of unbranched alkanes of at least 4 members (excludes halogenated alkanes) is 1. The van der Waals surface area contributed by atoms with Gasteiger partial charge in [-0.05, 0) is 50.1 Å². The first-order valence-corrected chi connectivity index (χ1v) is 10.7. The van der Waals surface area contributed by atoms with Crippen molar-refractivity contribution in [2.75, 3.05) is 49.5 Å². The van der Waals surface area contributed by atoms with Gasteiger partial charge in [-0.1, -0.05) is 35.3 Å². The Morgan fingerprint density at radius 3 is 2.66 bits per heavy atom. The van der Waals surface area contributed by atoms with E-state index in [0.717, 1.165) is 68.3 Å². The number of nitrogens with one attached hydrogen (secondary N) is 1. The van der Waals surface area contributed by atoms with Gasteiger partial charge in [0.1, 0.15) is 5.75 Å². The Morgan fingerprint density at radius 2 is 1.90 bits per heavy atom. The molecule has 1 saturated heterocycles. The van der Waals surface area contributed by atoms with Crippen molar-refractivity contribution in [2.24, 2.45) is 0 Å². The van der Waals surface area contributed by atoms with Gasteiger partial charge in [0.05, 0.1) is 22.3 Å². The molecule has 0 spiro atoms. The fourth-order valence-corrected chi connectivity index (χ4v) is 3.90. The maximum Gasteiger partial charge on any atom is 0.211 e. The summed E-state index contributed by atoms with van der Waals surface area (Å²) in [4.78, 5) is 15.4. The summed E-state index contributed by atoms with van der Waals surface area (Å²) >= 11 is 12.5. The summed E-state index contributed by atoms with van der Waals surface area (Å²) in [5.74, 6) is 0.784. The largest absolute Gasteiger partial charge is 0.494 e. The molecule has 7 heteroatoms. The molecule has 2 aromatic rings. The fourth-order valence-electron chi connectivity index (χ4n) is 3.49. The summed E-state index contributed by atoms with van der Waals surface area (Å²) in [6, 6.07) is 11.6. The number of amides is 1. The van der Waals surface area contributed by atoms with Gasteiger partial charge >= 0.3 is 0 Å². The average molecular weight is 436 g/mol. The van der Waals surface area contributed by atoms with Gasteiger partial charge in [-0.3, -0.25) is 9.69 Å². The third-order valence-corrected chi connectivity index (χ3v) is 6.01. The highest BCUT2D eigenvalue weighted by molar-refractivity contribution is 6.43. The summed E-state index contributed by atoms with van der Waals surface area (Å²) in [5.41, 5.74) is 2.83. The van der Waals surface area contributed by atoms with Gasteiger partial charge in [0.15, 0.2) is 0 Å². The van der Waals surface area contributed by atoms with E-state index >= 15 is 0 Å². The number of hydrogen-bond donors (Lipinski definition) is 1. The fraction of sp³-hybridized carbons (Fsp3) is 0.409. The summed E-state index contributed by atoms with van der Waals surface area (Å²) < 4.78 is 5.83. The molecule has 1 heterocycles. The van der Waals surface area contributed by atoms with Crippen LogP contribution < -0.4 is 15.0 Å². The van der Waals surface area contributed by atoms with Gasteiger partial charge in [0.2, 0.25) is 6.41 Å². The van der Waals surface area contributed by atoms with Crippen LogP contribution in [-0.4, -0.2) is 50.6 Å². The number of nitrogens with zero attached hydrogens (tertiary/aromatic N) is 2. The van der Waals surface area contributed by atoms with Crippen LogP contribution in [0.4, 0.5) is 11.4 Å². The van der Waals surface area contributed by atoms with E-state index in [1.807, 2.05) is 43.3 Å². The number of anilines is 2. The minimum absolute atomic E-state index is 0.606. The Balaban J connectivity index is 1.36. The van der Waals surface area contributed by atoms with E-state index in [-0.39, 0.29) is 0 Å². The van der Waals surface area contributed by atoms with Gasteiger partial charge in [-0.15, -0.1) is 0 Å². The molecule has 0 radical (unpaired) electrons. The quantitative estimate of drug-likeness (QED) is 0.451. The van der Waals surface area contributed by atoms with E-state index in [9.17, 15) is 4.79 Å². The average Bonchev–Trinajstić information content (AvgIpc) is 2.73. The Kier molecular flexibility index (Phi) is 8.04. The highest BCUT2D eigenvalue weighted by Gasteiger charge is 2.19. The second-order valence-electron chi connectivity index (χ2n) is 7.20. The lowest BCUT2D eigenvalue weighted by atomic mass is 10.2. The van der Waals surface area contributed by atoms with Crippen LogP contribution >= 0.6 is 23.2 Å². The van der Waals surface area contributed by atoms with Crippen molar-refractivity contribution in [3.63, 3.8) is 0 Å². The zero-order valence-electron chi connectivity index (χ0n) is 16.7. The first kappa shape index (κ1) is 21.8. The number of hydrogen-bond acceptors (Lipinski definition) is 4. The van der Waals surface area contributed by atoms with Crippen molar-refractivity contribution in [1.29, 1.82) is 0 Å². The van der Waals surface area contributed by atoms with Gasteiger partial charge in [-0.2, -0.15) is 0 Å². The smallest absolute Gasteiger partial charge is 0.211 e. The van der Waals surface area contributed by atoms with Crippen LogP contribution in [0.15, 0.2) is 36.4 Å². The number of carbonyl (C=O) groups excluding carboxylic acids is 1. The normalized spacial score (nSPS) is 14.7. The summed E-state index contributed by atoms with van der Waals surface area (Å²) in [6.07, 6.45) is 2.76. The predicted molar refractivity (Wildman–Crippen MR) is 121 cm³/mol. The lowest BCUT2D eigenvalue weighted by Crippen LogP contribution is -2.46. The zero-order chi connectivity index (χ0) is 20.6. The molecule has 1 fully saturated rings. The molecule has 0 aromatic heterocycles. The Hall–Kier alpha value is -1.95. The van der Waals surface area contributed by atoms with Crippen LogP contribution in [0, 0.1) is 6.92 Å². The van der Waals surface area contributed by atoms with Crippen molar-refractivity contribution >= 4 is 41.0 Å². The van der Waals surface area contributed by atoms with Crippen LogP contribution in [0.5, 0.6) is 5.75 Å². The minimum atomic E-state index is 0.606. The SMILES string of the molecule is Cc1ccc(OCCCCN2CCN(c3cccc(Cl)c3Cl)CC2)cc1NC=O. The van der Waals surface area contributed by atoms with E-state index in [1.165, 1.54) is 0 Å². The van der Waals surface area contributed by atoms with E-state index in [4.69, 9.17) is 27.9 Å². The molecule has 3 rings (SSSR count). The molecule has 1 amide bonds. The van der Waals surface area contributed by atoms with Crippen molar-refractivity contribution < 1.29 is 9.53 Å². The molecule has 1 N–H and O–H groups in total. The van der Waals surface area contributed by atoms with E-state index in [2.05, 4.69) is 15.1 Å². The van der Waals surface area contributed by atoms with Gasteiger partial charge in [0, 0.05) is 37.9 Å². The third-order valence-electron chi connectivity index (χ3n) is 5.21. The van der Waals surface area contributed by atoms with E-state index in [0.29, 0.717) is 23.1 Å². The van der Waals surface area contributed by atoms with Gasteiger partial charge in [0.25, 0.3) is 0 Å². The number of piperazine rings is 1. The maximum atomic E-state index is 10.6. The maximum absolute atomic E-state index is 10.6. The molecule has 1 aliphatic heterocycles. The van der Waals surface area contributed by atoms with Gasteiger partial charge in [-0.25, -0.2) is 0 Å². The van der Waals surface area contributed by atoms with Crippen molar-refractivity contribution in [3.05, 3.63) is 52.0 Å². The highest BCUT2D eigenvalue weighted by atomic mass is 35.5. The standard InChI is InChI=1S/C22H27Cl2N3O2/c1-17-7-8-18(15-20(17)25-16-28)29-14-3-2-9-26-10-12-27(13-11-26)21-6-4-5-19(23)22(21)24/h4-8,15-16H,2-3,9-14H2,1H3,(H,25,28). The summed E-state index contributed by atoms with van der Waals surface area (Å²) in [7, 11) is 0. The molecule has 0 aliphatic carbocycles. The van der Waals surface area contributed by atoms with Crippen molar-refractivity contribution in [3.8, 4) is 5.75 Å². The molecule has 1 aliphatic rings. The molecular formula is C22H27Cl2N3O2. The Morgan fingerprint density at radius 1 is 1.10 bits per heavy atom. The van der Waals surface area contributed by atoms with Crippen LogP contribution in [-0.2, 0) is 4.79 Å². The van der Waals surface area contributed by atoms with Crippen LogP contribution in [0.25, 0.3) is 0 Å². The number of carbonyl (C=O) groups is 1. The number of ether oxygens (including phenoxy) is 1. The second kappa shape index (κ2) is 10.7. The lowest BCUT2D eigenvalue weighted by Gasteiger charge is -2.36.